The first-order chi connectivity index (χ1) is 12.3. The predicted octanol–water partition coefficient (Wildman–Crippen LogP) is 5.31. The highest BCUT2D eigenvalue weighted by atomic mass is 35.5. The van der Waals surface area contributed by atoms with E-state index < -0.39 is 0 Å². The third kappa shape index (κ3) is 3.32. The molecule has 25 heavy (non-hydrogen) atoms. The summed E-state index contributed by atoms with van der Waals surface area (Å²) in [4.78, 5) is 0. The molecule has 0 aliphatic rings. The fraction of sp³-hybridized carbons (Fsp3) is 0.0476. The predicted molar refractivity (Wildman–Crippen MR) is 101 cm³/mol. The van der Waals surface area contributed by atoms with Crippen LogP contribution in [0, 0.1) is 0 Å². The standard InChI is InChI=1S/C21H16ClN3/c22-19-13-11-18(12-14-19)21-20(17-9-5-2-6-10-17)23-24-25(21)15-16-7-3-1-4-8-16/h1-14H,15H2. The van der Waals surface area contributed by atoms with Crippen LogP contribution in [0.25, 0.3) is 22.5 Å². The molecule has 0 fully saturated rings. The van der Waals surface area contributed by atoms with E-state index in [9.17, 15) is 0 Å². The molecular weight excluding hydrogens is 330 g/mol. The number of aromatic nitrogens is 3. The minimum absolute atomic E-state index is 0.665. The van der Waals surface area contributed by atoms with Crippen LogP contribution in [0.5, 0.6) is 0 Å². The third-order valence-electron chi connectivity index (χ3n) is 4.08. The summed E-state index contributed by atoms with van der Waals surface area (Å²) in [5, 5.41) is 9.60. The minimum Gasteiger partial charge on any atom is -0.240 e. The van der Waals surface area contributed by atoms with Crippen LogP contribution >= 0.6 is 11.6 Å². The van der Waals surface area contributed by atoms with Crippen LogP contribution in [0.2, 0.25) is 5.02 Å². The van der Waals surface area contributed by atoms with Crippen molar-refractivity contribution >= 4 is 11.6 Å². The summed E-state index contributed by atoms with van der Waals surface area (Å²) in [5.74, 6) is 0. The number of nitrogens with zero attached hydrogens (tertiary/aromatic N) is 3. The molecule has 0 spiro atoms. The second kappa shape index (κ2) is 6.91. The molecule has 0 amide bonds. The second-order valence-electron chi connectivity index (χ2n) is 5.80. The molecule has 0 saturated carbocycles. The highest BCUT2D eigenvalue weighted by Crippen LogP contribution is 2.31. The summed E-state index contributed by atoms with van der Waals surface area (Å²) in [5.41, 5.74) is 5.14. The lowest BCUT2D eigenvalue weighted by Crippen LogP contribution is -2.04. The van der Waals surface area contributed by atoms with Gasteiger partial charge in [0.05, 0.1) is 12.2 Å². The Morgan fingerprint density at radius 3 is 2.04 bits per heavy atom. The summed E-state index contributed by atoms with van der Waals surface area (Å²) < 4.78 is 1.95. The van der Waals surface area contributed by atoms with Crippen molar-refractivity contribution in [1.82, 2.24) is 15.0 Å². The molecule has 4 rings (SSSR count). The van der Waals surface area contributed by atoms with E-state index in [1.165, 1.54) is 5.56 Å². The Kier molecular flexibility index (Phi) is 4.32. The zero-order chi connectivity index (χ0) is 17.1. The number of halogens is 1. The van der Waals surface area contributed by atoms with E-state index in [0.717, 1.165) is 22.5 Å². The first kappa shape index (κ1) is 15.6. The van der Waals surface area contributed by atoms with Crippen molar-refractivity contribution in [1.29, 1.82) is 0 Å². The molecule has 122 valence electrons. The molecule has 0 atom stereocenters. The normalized spacial score (nSPS) is 10.8. The topological polar surface area (TPSA) is 30.7 Å². The van der Waals surface area contributed by atoms with Gasteiger partial charge in [0.15, 0.2) is 0 Å². The summed E-state index contributed by atoms with van der Waals surface area (Å²) in [7, 11) is 0. The van der Waals surface area contributed by atoms with Gasteiger partial charge in [-0.05, 0) is 17.7 Å². The molecule has 3 nitrogen and oxygen atoms in total. The number of hydrogen-bond acceptors (Lipinski definition) is 2. The minimum atomic E-state index is 0.665. The van der Waals surface area contributed by atoms with Crippen LogP contribution in [0.1, 0.15) is 5.56 Å². The van der Waals surface area contributed by atoms with Gasteiger partial charge in [0.2, 0.25) is 0 Å². The lowest BCUT2D eigenvalue weighted by Gasteiger charge is -2.09. The summed E-state index contributed by atoms with van der Waals surface area (Å²) in [6, 6.07) is 28.2. The van der Waals surface area contributed by atoms with Gasteiger partial charge in [-0.15, -0.1) is 5.10 Å². The molecule has 4 heteroatoms. The van der Waals surface area contributed by atoms with Gasteiger partial charge in [-0.2, -0.15) is 0 Å². The van der Waals surface area contributed by atoms with Crippen molar-refractivity contribution in [3.8, 4) is 22.5 Å². The maximum absolute atomic E-state index is 6.06. The Morgan fingerprint density at radius 2 is 1.36 bits per heavy atom. The molecule has 0 unspecified atom stereocenters. The molecule has 0 aliphatic carbocycles. The maximum Gasteiger partial charge on any atom is 0.121 e. The van der Waals surface area contributed by atoms with E-state index >= 15 is 0 Å². The van der Waals surface area contributed by atoms with Crippen LogP contribution in [0.15, 0.2) is 84.9 Å². The van der Waals surface area contributed by atoms with Crippen molar-refractivity contribution in [3.63, 3.8) is 0 Å². The van der Waals surface area contributed by atoms with Gasteiger partial charge in [0.25, 0.3) is 0 Å². The van der Waals surface area contributed by atoms with E-state index in [4.69, 9.17) is 11.6 Å². The Labute approximate surface area is 151 Å². The Bertz CT molecular complexity index is 961. The van der Waals surface area contributed by atoms with E-state index in [0.29, 0.717) is 11.6 Å². The summed E-state index contributed by atoms with van der Waals surface area (Å²) in [6.07, 6.45) is 0. The molecule has 1 aromatic heterocycles. The fourth-order valence-electron chi connectivity index (χ4n) is 2.86. The van der Waals surface area contributed by atoms with Gasteiger partial charge in [0.1, 0.15) is 5.69 Å². The smallest absolute Gasteiger partial charge is 0.121 e. The first-order valence-electron chi connectivity index (χ1n) is 8.10. The maximum atomic E-state index is 6.06. The lowest BCUT2D eigenvalue weighted by atomic mass is 10.0. The van der Waals surface area contributed by atoms with Gasteiger partial charge >= 0.3 is 0 Å². The molecule has 0 saturated heterocycles. The van der Waals surface area contributed by atoms with Crippen molar-refractivity contribution in [2.75, 3.05) is 0 Å². The van der Waals surface area contributed by atoms with Gasteiger partial charge in [0, 0.05) is 16.1 Å². The molecule has 0 N–H and O–H groups in total. The van der Waals surface area contributed by atoms with Crippen LogP contribution in [-0.2, 0) is 6.54 Å². The Balaban J connectivity index is 1.84. The average Bonchev–Trinajstić information content (AvgIpc) is 3.07. The molecule has 0 aliphatic heterocycles. The van der Waals surface area contributed by atoms with Crippen molar-refractivity contribution in [3.05, 3.63) is 95.5 Å². The van der Waals surface area contributed by atoms with E-state index in [2.05, 4.69) is 34.6 Å². The highest BCUT2D eigenvalue weighted by molar-refractivity contribution is 6.30. The number of rotatable bonds is 4. The lowest BCUT2D eigenvalue weighted by molar-refractivity contribution is 0.656. The van der Waals surface area contributed by atoms with Gasteiger partial charge in [-0.25, -0.2) is 4.68 Å². The van der Waals surface area contributed by atoms with Gasteiger partial charge in [-0.3, -0.25) is 0 Å². The fourth-order valence-corrected chi connectivity index (χ4v) is 2.99. The van der Waals surface area contributed by atoms with Crippen LogP contribution in [0.4, 0.5) is 0 Å². The monoisotopic (exact) mass is 345 g/mol. The average molecular weight is 346 g/mol. The second-order valence-corrected chi connectivity index (χ2v) is 6.24. The molecule has 1 heterocycles. The van der Waals surface area contributed by atoms with Gasteiger partial charge < -0.3 is 0 Å². The zero-order valence-electron chi connectivity index (χ0n) is 13.5. The largest absolute Gasteiger partial charge is 0.240 e. The summed E-state index contributed by atoms with van der Waals surface area (Å²) in [6.45, 7) is 0.665. The summed E-state index contributed by atoms with van der Waals surface area (Å²) >= 11 is 6.06. The third-order valence-corrected chi connectivity index (χ3v) is 4.33. The van der Waals surface area contributed by atoms with Crippen LogP contribution < -0.4 is 0 Å². The van der Waals surface area contributed by atoms with Crippen molar-refractivity contribution in [2.24, 2.45) is 0 Å². The van der Waals surface area contributed by atoms with E-state index in [-0.39, 0.29) is 0 Å². The van der Waals surface area contributed by atoms with E-state index in [1.807, 2.05) is 65.3 Å². The van der Waals surface area contributed by atoms with Crippen LogP contribution in [0.3, 0.4) is 0 Å². The molecule has 3 aromatic carbocycles. The number of hydrogen-bond donors (Lipinski definition) is 0. The Morgan fingerprint density at radius 1 is 0.720 bits per heavy atom. The van der Waals surface area contributed by atoms with Gasteiger partial charge in [-0.1, -0.05) is 89.6 Å². The molecular formula is C21H16ClN3. The zero-order valence-corrected chi connectivity index (χ0v) is 14.3. The molecule has 0 radical (unpaired) electrons. The van der Waals surface area contributed by atoms with Crippen LogP contribution in [-0.4, -0.2) is 15.0 Å². The highest BCUT2D eigenvalue weighted by Gasteiger charge is 2.16. The first-order valence-corrected chi connectivity index (χ1v) is 8.48. The van der Waals surface area contributed by atoms with Crippen molar-refractivity contribution in [2.45, 2.75) is 6.54 Å². The van der Waals surface area contributed by atoms with Crippen molar-refractivity contribution < 1.29 is 0 Å². The SMILES string of the molecule is Clc1ccc(-c2c(-c3ccccc3)nnn2Cc2ccccc2)cc1. The molecule has 4 aromatic rings. The quantitative estimate of drug-likeness (QED) is 0.501. The van der Waals surface area contributed by atoms with E-state index in [1.54, 1.807) is 0 Å². The molecule has 0 bridgehead atoms. The Hall–Kier alpha value is -2.91. The number of benzene rings is 3.